The number of nitrogens with zero attached hydrogens (tertiary/aromatic N) is 2. The fraction of sp³-hybridized carbons (Fsp3) is 0.125. The van der Waals surface area contributed by atoms with Gasteiger partial charge in [-0.05, 0) is 54.1 Å². The van der Waals surface area contributed by atoms with Gasteiger partial charge < -0.3 is 14.6 Å². The monoisotopic (exact) mass is 490 g/mol. The van der Waals surface area contributed by atoms with Crippen LogP contribution in [0.3, 0.4) is 0 Å². The van der Waals surface area contributed by atoms with E-state index in [2.05, 4.69) is 0 Å². The van der Waals surface area contributed by atoms with E-state index in [9.17, 15) is 5.11 Å². The SMILES string of the molecule is COC(=Nc1ccccc1/C(O)=C/C(C)c1ccccc1N=C(OC)c1ccccc1)c1ccccc1. The molecule has 37 heavy (non-hydrogen) atoms. The van der Waals surface area contributed by atoms with Crippen LogP contribution in [0.1, 0.15) is 35.1 Å². The lowest BCUT2D eigenvalue weighted by molar-refractivity contribution is 0.405. The van der Waals surface area contributed by atoms with E-state index >= 15 is 0 Å². The van der Waals surface area contributed by atoms with Crippen LogP contribution < -0.4 is 0 Å². The summed E-state index contributed by atoms with van der Waals surface area (Å²) >= 11 is 0. The van der Waals surface area contributed by atoms with Gasteiger partial charge in [0.2, 0.25) is 11.8 Å². The topological polar surface area (TPSA) is 63.4 Å². The van der Waals surface area contributed by atoms with E-state index in [-0.39, 0.29) is 11.7 Å². The summed E-state index contributed by atoms with van der Waals surface area (Å²) in [5.74, 6) is 0.994. The van der Waals surface area contributed by atoms with Gasteiger partial charge in [-0.3, -0.25) is 0 Å². The highest BCUT2D eigenvalue weighted by molar-refractivity contribution is 5.97. The Hall–Kier alpha value is -4.64. The molecule has 0 radical (unpaired) electrons. The molecule has 4 aromatic rings. The Labute approximate surface area is 218 Å². The van der Waals surface area contributed by atoms with Gasteiger partial charge in [0.15, 0.2) is 0 Å². The summed E-state index contributed by atoms with van der Waals surface area (Å²) in [6, 6.07) is 34.8. The van der Waals surface area contributed by atoms with E-state index in [0.717, 1.165) is 22.4 Å². The van der Waals surface area contributed by atoms with Crippen LogP contribution in [0, 0.1) is 0 Å². The number of benzene rings is 4. The number of allylic oxidation sites excluding steroid dienone is 1. The molecule has 4 aromatic carbocycles. The van der Waals surface area contributed by atoms with Crippen molar-refractivity contribution in [3.63, 3.8) is 0 Å². The van der Waals surface area contributed by atoms with E-state index < -0.39 is 0 Å². The molecule has 5 nitrogen and oxygen atoms in total. The summed E-state index contributed by atoms with van der Waals surface area (Å²) in [6.07, 6.45) is 1.81. The lowest BCUT2D eigenvalue weighted by Crippen LogP contribution is -2.03. The van der Waals surface area contributed by atoms with Crippen LogP contribution in [-0.2, 0) is 9.47 Å². The van der Waals surface area contributed by atoms with Gasteiger partial charge in [-0.25, -0.2) is 9.98 Å². The zero-order valence-electron chi connectivity index (χ0n) is 21.2. The van der Waals surface area contributed by atoms with E-state index in [4.69, 9.17) is 19.5 Å². The van der Waals surface area contributed by atoms with Crippen LogP contribution in [0.4, 0.5) is 11.4 Å². The molecule has 0 aliphatic rings. The second-order valence-electron chi connectivity index (χ2n) is 8.39. The second-order valence-corrected chi connectivity index (χ2v) is 8.39. The molecule has 1 unspecified atom stereocenters. The zero-order chi connectivity index (χ0) is 26.0. The maximum Gasteiger partial charge on any atom is 0.221 e. The largest absolute Gasteiger partial charge is 0.508 e. The zero-order valence-corrected chi connectivity index (χ0v) is 21.2. The smallest absolute Gasteiger partial charge is 0.221 e. The fourth-order valence-corrected chi connectivity index (χ4v) is 4.01. The van der Waals surface area contributed by atoms with Gasteiger partial charge in [-0.2, -0.15) is 0 Å². The number of para-hydroxylation sites is 2. The first-order chi connectivity index (χ1) is 18.1. The van der Waals surface area contributed by atoms with Gasteiger partial charge in [0, 0.05) is 22.6 Å². The molecule has 0 aromatic heterocycles. The average molecular weight is 491 g/mol. The van der Waals surface area contributed by atoms with Crippen LogP contribution in [-0.4, -0.2) is 31.1 Å². The van der Waals surface area contributed by atoms with Crippen molar-refractivity contribution < 1.29 is 14.6 Å². The maximum atomic E-state index is 11.2. The maximum absolute atomic E-state index is 11.2. The van der Waals surface area contributed by atoms with Crippen molar-refractivity contribution in [2.45, 2.75) is 12.8 Å². The molecule has 1 N–H and O–H groups in total. The van der Waals surface area contributed by atoms with Gasteiger partial charge in [0.05, 0.1) is 25.6 Å². The molecule has 186 valence electrons. The van der Waals surface area contributed by atoms with Crippen LogP contribution in [0.2, 0.25) is 0 Å². The Bertz CT molecular complexity index is 1410. The molecule has 0 saturated carbocycles. The minimum absolute atomic E-state index is 0.129. The van der Waals surface area contributed by atoms with Crippen LogP contribution >= 0.6 is 0 Å². The summed E-state index contributed by atoms with van der Waals surface area (Å²) in [4.78, 5) is 9.50. The molecule has 0 aliphatic carbocycles. The minimum Gasteiger partial charge on any atom is -0.508 e. The predicted molar refractivity (Wildman–Crippen MR) is 151 cm³/mol. The summed E-state index contributed by atoms with van der Waals surface area (Å²) in [5, 5.41) is 11.2. The summed E-state index contributed by atoms with van der Waals surface area (Å²) in [6.45, 7) is 2.02. The van der Waals surface area contributed by atoms with Crippen LogP contribution in [0.15, 0.2) is 125 Å². The van der Waals surface area contributed by atoms with Crippen LogP contribution in [0.5, 0.6) is 0 Å². The van der Waals surface area contributed by atoms with Crippen molar-refractivity contribution >= 4 is 28.9 Å². The predicted octanol–water partition coefficient (Wildman–Crippen LogP) is 7.84. The molecule has 0 bridgehead atoms. The van der Waals surface area contributed by atoms with Gasteiger partial charge in [0.25, 0.3) is 0 Å². The van der Waals surface area contributed by atoms with E-state index in [0.29, 0.717) is 23.0 Å². The van der Waals surface area contributed by atoms with Gasteiger partial charge in [-0.1, -0.05) is 73.7 Å². The Kier molecular flexibility index (Phi) is 8.50. The van der Waals surface area contributed by atoms with Gasteiger partial charge in [-0.15, -0.1) is 0 Å². The number of methoxy groups -OCH3 is 2. The molecule has 1 atom stereocenters. The first-order valence-electron chi connectivity index (χ1n) is 12.1. The molecule has 5 heteroatoms. The molecule has 0 amide bonds. The highest BCUT2D eigenvalue weighted by atomic mass is 16.5. The number of aliphatic imine (C=N–C) groups is 2. The first-order valence-corrected chi connectivity index (χ1v) is 12.1. The molecule has 0 heterocycles. The molecule has 0 aliphatic heterocycles. The third-order valence-electron chi connectivity index (χ3n) is 5.89. The molecule has 4 rings (SSSR count). The Morgan fingerprint density at radius 3 is 1.68 bits per heavy atom. The average Bonchev–Trinajstić information content (AvgIpc) is 2.95. The fourth-order valence-electron chi connectivity index (χ4n) is 4.01. The Morgan fingerprint density at radius 2 is 1.11 bits per heavy atom. The standard InChI is InChI=1S/C32H30N2O3/c1-23(26-18-10-12-20-28(26)33-31(36-2)24-14-6-4-7-15-24)22-30(35)27-19-11-13-21-29(27)34-32(37-3)25-16-8-5-9-17-25/h4-23,35H,1-3H3/b30-22-,33-31?,34-32?. The number of aliphatic hydroxyl groups excluding tert-OH is 1. The van der Waals surface area contributed by atoms with Crippen molar-refractivity contribution in [2.75, 3.05) is 14.2 Å². The number of aliphatic hydroxyl groups is 1. The van der Waals surface area contributed by atoms with E-state index in [1.165, 1.54) is 0 Å². The van der Waals surface area contributed by atoms with Crippen LogP contribution in [0.25, 0.3) is 5.76 Å². The molecular weight excluding hydrogens is 460 g/mol. The second kappa shape index (κ2) is 12.4. The quantitative estimate of drug-likeness (QED) is 0.163. The third-order valence-corrected chi connectivity index (χ3v) is 5.89. The number of ether oxygens (including phenoxy) is 2. The molecular formula is C32H30N2O3. The van der Waals surface area contributed by atoms with Gasteiger partial charge in [0.1, 0.15) is 5.76 Å². The number of hydrogen-bond donors (Lipinski definition) is 1. The number of hydrogen-bond acceptors (Lipinski definition) is 5. The summed E-state index contributed by atoms with van der Waals surface area (Å²) < 4.78 is 11.1. The van der Waals surface area contributed by atoms with Crippen molar-refractivity contribution in [1.82, 2.24) is 0 Å². The van der Waals surface area contributed by atoms with Crippen molar-refractivity contribution in [3.05, 3.63) is 138 Å². The molecule has 0 fully saturated rings. The Balaban J connectivity index is 1.68. The Morgan fingerprint density at radius 1 is 0.649 bits per heavy atom. The van der Waals surface area contributed by atoms with Gasteiger partial charge >= 0.3 is 0 Å². The van der Waals surface area contributed by atoms with Crippen molar-refractivity contribution in [3.8, 4) is 0 Å². The summed E-state index contributed by atoms with van der Waals surface area (Å²) in [5.41, 5.74) is 4.71. The highest BCUT2D eigenvalue weighted by Crippen LogP contribution is 2.32. The van der Waals surface area contributed by atoms with E-state index in [1.54, 1.807) is 14.2 Å². The normalized spacial score (nSPS) is 13.2. The van der Waals surface area contributed by atoms with Crippen molar-refractivity contribution in [2.24, 2.45) is 9.98 Å². The first kappa shape index (κ1) is 25.5. The lowest BCUT2D eigenvalue weighted by Gasteiger charge is -2.14. The van der Waals surface area contributed by atoms with Crippen molar-refractivity contribution in [1.29, 1.82) is 0 Å². The van der Waals surface area contributed by atoms with E-state index in [1.807, 2.05) is 122 Å². The number of rotatable bonds is 7. The summed E-state index contributed by atoms with van der Waals surface area (Å²) in [7, 11) is 3.21. The lowest BCUT2D eigenvalue weighted by atomic mass is 9.97. The molecule has 0 saturated heterocycles. The molecule has 0 spiro atoms. The third kappa shape index (κ3) is 6.33. The minimum atomic E-state index is -0.137. The highest BCUT2D eigenvalue weighted by Gasteiger charge is 2.14.